The van der Waals surface area contributed by atoms with Crippen molar-refractivity contribution in [3.63, 3.8) is 0 Å². The van der Waals surface area contributed by atoms with Gasteiger partial charge in [-0.3, -0.25) is 9.69 Å². The van der Waals surface area contributed by atoms with E-state index in [-0.39, 0.29) is 17.5 Å². The standard InChI is InChI=1S/C16H15Cl2FN2O/c1-21(9-11-4-2-3-5-13(11)17)10-16(22)20-12-6-7-15(19)14(18)8-12/h2-8H,9-10H2,1H3,(H,20,22). The largest absolute Gasteiger partial charge is 0.325 e. The molecule has 2 rings (SSSR count). The third-order valence-corrected chi connectivity index (χ3v) is 3.67. The summed E-state index contributed by atoms with van der Waals surface area (Å²) in [7, 11) is 1.82. The SMILES string of the molecule is CN(CC(=O)Nc1ccc(F)c(Cl)c1)Cc1ccccc1Cl. The second kappa shape index (κ2) is 7.58. The Morgan fingerprint density at radius 1 is 1.18 bits per heavy atom. The van der Waals surface area contributed by atoms with E-state index in [9.17, 15) is 9.18 Å². The smallest absolute Gasteiger partial charge is 0.238 e. The molecule has 0 radical (unpaired) electrons. The zero-order valence-electron chi connectivity index (χ0n) is 11.9. The van der Waals surface area contributed by atoms with E-state index in [4.69, 9.17) is 23.2 Å². The topological polar surface area (TPSA) is 32.3 Å². The van der Waals surface area contributed by atoms with Crippen LogP contribution in [0.3, 0.4) is 0 Å². The average Bonchev–Trinajstić information content (AvgIpc) is 2.45. The van der Waals surface area contributed by atoms with Crippen molar-refractivity contribution in [3.8, 4) is 0 Å². The fourth-order valence-corrected chi connectivity index (χ4v) is 2.37. The van der Waals surface area contributed by atoms with Gasteiger partial charge in [-0.05, 0) is 36.9 Å². The molecule has 0 aromatic heterocycles. The lowest BCUT2D eigenvalue weighted by Gasteiger charge is -2.17. The van der Waals surface area contributed by atoms with Crippen molar-refractivity contribution in [1.29, 1.82) is 0 Å². The highest BCUT2D eigenvalue weighted by Crippen LogP contribution is 2.19. The highest BCUT2D eigenvalue weighted by atomic mass is 35.5. The minimum Gasteiger partial charge on any atom is -0.325 e. The summed E-state index contributed by atoms with van der Waals surface area (Å²) in [5.74, 6) is -0.729. The monoisotopic (exact) mass is 340 g/mol. The van der Waals surface area contributed by atoms with Crippen LogP contribution in [0.15, 0.2) is 42.5 Å². The zero-order chi connectivity index (χ0) is 16.1. The molecule has 2 aromatic carbocycles. The number of carbonyl (C=O) groups is 1. The molecule has 0 aliphatic carbocycles. The molecule has 0 aliphatic heterocycles. The summed E-state index contributed by atoms with van der Waals surface area (Å²) in [6, 6.07) is 11.5. The fraction of sp³-hybridized carbons (Fsp3) is 0.188. The van der Waals surface area contributed by atoms with Crippen molar-refractivity contribution >= 4 is 34.8 Å². The Morgan fingerprint density at radius 2 is 1.91 bits per heavy atom. The minimum atomic E-state index is -0.518. The third kappa shape index (κ3) is 4.70. The molecule has 0 unspecified atom stereocenters. The number of nitrogens with zero attached hydrogens (tertiary/aromatic N) is 1. The molecule has 0 saturated carbocycles. The Bertz CT molecular complexity index is 679. The number of anilines is 1. The second-order valence-corrected chi connectivity index (χ2v) is 5.76. The molecule has 22 heavy (non-hydrogen) atoms. The van der Waals surface area contributed by atoms with Crippen LogP contribution in [-0.2, 0) is 11.3 Å². The normalized spacial score (nSPS) is 10.8. The van der Waals surface area contributed by atoms with E-state index < -0.39 is 5.82 Å². The van der Waals surface area contributed by atoms with Gasteiger partial charge in [0.15, 0.2) is 0 Å². The summed E-state index contributed by atoms with van der Waals surface area (Å²) in [5.41, 5.74) is 1.41. The van der Waals surface area contributed by atoms with Crippen LogP contribution in [0.4, 0.5) is 10.1 Å². The number of carbonyl (C=O) groups excluding carboxylic acids is 1. The minimum absolute atomic E-state index is 0.0257. The molecule has 3 nitrogen and oxygen atoms in total. The lowest BCUT2D eigenvalue weighted by atomic mass is 10.2. The maximum atomic E-state index is 13.1. The molecule has 6 heteroatoms. The van der Waals surface area contributed by atoms with E-state index >= 15 is 0 Å². The van der Waals surface area contributed by atoms with Gasteiger partial charge in [-0.25, -0.2) is 4.39 Å². The maximum absolute atomic E-state index is 13.1. The molecule has 0 aliphatic rings. The number of amides is 1. The highest BCUT2D eigenvalue weighted by Gasteiger charge is 2.10. The first kappa shape index (κ1) is 16.7. The zero-order valence-corrected chi connectivity index (χ0v) is 13.5. The van der Waals surface area contributed by atoms with Gasteiger partial charge in [0.25, 0.3) is 0 Å². The van der Waals surface area contributed by atoms with Crippen LogP contribution in [0.5, 0.6) is 0 Å². The van der Waals surface area contributed by atoms with Gasteiger partial charge in [-0.1, -0.05) is 41.4 Å². The number of halogens is 3. The average molecular weight is 341 g/mol. The van der Waals surface area contributed by atoms with Gasteiger partial charge in [-0.2, -0.15) is 0 Å². The quantitative estimate of drug-likeness (QED) is 0.884. The number of likely N-dealkylation sites (N-methyl/N-ethyl adjacent to an activating group) is 1. The van der Waals surface area contributed by atoms with E-state index in [1.165, 1.54) is 18.2 Å². The lowest BCUT2D eigenvalue weighted by molar-refractivity contribution is -0.117. The summed E-state index contributed by atoms with van der Waals surface area (Å²) < 4.78 is 13.1. The molecule has 116 valence electrons. The molecular weight excluding hydrogens is 326 g/mol. The summed E-state index contributed by atoms with van der Waals surface area (Å²) in [5, 5.41) is 3.32. The van der Waals surface area contributed by atoms with Crippen molar-refractivity contribution in [3.05, 3.63) is 63.9 Å². The lowest BCUT2D eigenvalue weighted by Crippen LogP contribution is -2.29. The maximum Gasteiger partial charge on any atom is 0.238 e. The van der Waals surface area contributed by atoms with E-state index in [0.717, 1.165) is 5.56 Å². The first-order chi connectivity index (χ1) is 10.5. The Balaban J connectivity index is 1.91. The van der Waals surface area contributed by atoms with Crippen LogP contribution in [0, 0.1) is 5.82 Å². The second-order valence-electron chi connectivity index (χ2n) is 4.94. The van der Waals surface area contributed by atoms with Crippen LogP contribution < -0.4 is 5.32 Å². The van der Waals surface area contributed by atoms with Gasteiger partial charge in [0.05, 0.1) is 11.6 Å². The predicted molar refractivity (Wildman–Crippen MR) is 87.8 cm³/mol. The molecule has 0 saturated heterocycles. The Hall–Kier alpha value is -1.62. The Morgan fingerprint density at radius 3 is 2.59 bits per heavy atom. The highest BCUT2D eigenvalue weighted by molar-refractivity contribution is 6.31. The van der Waals surface area contributed by atoms with Crippen LogP contribution in [-0.4, -0.2) is 24.4 Å². The molecule has 0 atom stereocenters. The van der Waals surface area contributed by atoms with E-state index in [1.807, 2.05) is 36.2 Å². The summed E-state index contributed by atoms with van der Waals surface area (Å²) in [6.45, 7) is 0.734. The van der Waals surface area contributed by atoms with Crippen molar-refractivity contribution in [2.75, 3.05) is 18.9 Å². The molecule has 1 amide bonds. The molecule has 0 fully saturated rings. The van der Waals surface area contributed by atoms with Crippen LogP contribution in [0.2, 0.25) is 10.0 Å². The molecule has 0 heterocycles. The number of hydrogen-bond acceptors (Lipinski definition) is 2. The van der Waals surface area contributed by atoms with Gasteiger partial charge in [-0.15, -0.1) is 0 Å². The number of hydrogen-bond donors (Lipinski definition) is 1. The molecule has 0 spiro atoms. The van der Waals surface area contributed by atoms with E-state index in [1.54, 1.807) is 0 Å². The molecule has 2 aromatic rings. The Kier molecular flexibility index (Phi) is 5.77. The fourth-order valence-electron chi connectivity index (χ4n) is 1.99. The molecule has 1 N–H and O–H groups in total. The van der Waals surface area contributed by atoms with Crippen LogP contribution >= 0.6 is 23.2 Å². The van der Waals surface area contributed by atoms with Crippen molar-refractivity contribution in [1.82, 2.24) is 4.90 Å². The first-order valence-corrected chi connectivity index (χ1v) is 7.38. The number of nitrogens with one attached hydrogen (secondary N) is 1. The van der Waals surface area contributed by atoms with Crippen LogP contribution in [0.25, 0.3) is 0 Å². The predicted octanol–water partition coefficient (Wildman–Crippen LogP) is 4.20. The third-order valence-electron chi connectivity index (χ3n) is 3.01. The van der Waals surface area contributed by atoms with Crippen LogP contribution in [0.1, 0.15) is 5.56 Å². The number of benzene rings is 2. The summed E-state index contributed by atoms with van der Waals surface area (Å²) >= 11 is 11.8. The van der Waals surface area contributed by atoms with Crippen molar-refractivity contribution in [2.24, 2.45) is 0 Å². The number of rotatable bonds is 5. The van der Waals surface area contributed by atoms with Gasteiger partial charge in [0.1, 0.15) is 5.82 Å². The molecule has 0 bridgehead atoms. The van der Waals surface area contributed by atoms with E-state index in [0.29, 0.717) is 17.3 Å². The van der Waals surface area contributed by atoms with E-state index in [2.05, 4.69) is 5.32 Å². The first-order valence-electron chi connectivity index (χ1n) is 6.62. The van der Waals surface area contributed by atoms with Crippen molar-refractivity contribution < 1.29 is 9.18 Å². The van der Waals surface area contributed by atoms with Crippen molar-refractivity contribution in [2.45, 2.75) is 6.54 Å². The Labute approximate surface area is 138 Å². The van der Waals surface area contributed by atoms with Gasteiger partial charge in [0.2, 0.25) is 5.91 Å². The summed E-state index contributed by atoms with van der Waals surface area (Å²) in [4.78, 5) is 13.8. The van der Waals surface area contributed by atoms with Gasteiger partial charge >= 0.3 is 0 Å². The van der Waals surface area contributed by atoms with Gasteiger partial charge in [0, 0.05) is 17.3 Å². The molecular formula is C16H15Cl2FN2O. The van der Waals surface area contributed by atoms with Gasteiger partial charge < -0.3 is 5.32 Å². The summed E-state index contributed by atoms with van der Waals surface area (Å²) in [6.07, 6.45) is 0.